The van der Waals surface area contributed by atoms with Gasteiger partial charge in [-0.15, -0.1) is 0 Å². The number of nitrogens with one attached hydrogen (secondary N) is 4. The molecule has 4 aromatic carbocycles. The standard InChI is InChI=1S/C32H29ClN4/c1-19-9-11-29-24(14-19)26-16-27-25-15-21(33)10-12-30(25)37-32(27)23(31(26)36-29)7-4-5-13-34-17-20-18-35-28-8-3-2-6-22(20)28/h2-3,6,8-12,14-16,18,34-37H,4-5,7,13,17H2,1H3. The molecule has 0 spiro atoms. The fourth-order valence-electron chi connectivity index (χ4n) is 5.86. The number of halogens is 1. The van der Waals surface area contributed by atoms with Gasteiger partial charge in [0, 0.05) is 66.8 Å². The average Bonchev–Trinajstić information content (AvgIpc) is 3.59. The van der Waals surface area contributed by atoms with Gasteiger partial charge < -0.3 is 20.3 Å². The summed E-state index contributed by atoms with van der Waals surface area (Å²) in [6, 6.07) is 23.6. The minimum Gasteiger partial charge on any atom is -0.361 e. The van der Waals surface area contributed by atoms with Crippen LogP contribution in [0.1, 0.15) is 29.5 Å². The van der Waals surface area contributed by atoms with Crippen molar-refractivity contribution >= 4 is 66.1 Å². The monoisotopic (exact) mass is 504 g/mol. The number of benzene rings is 4. The third-order valence-electron chi connectivity index (χ3n) is 7.71. The number of aryl methyl sites for hydroxylation is 2. The summed E-state index contributed by atoms with van der Waals surface area (Å²) in [6.07, 6.45) is 5.36. The highest BCUT2D eigenvalue weighted by atomic mass is 35.5. The van der Waals surface area contributed by atoms with Gasteiger partial charge in [0.25, 0.3) is 0 Å². The molecule has 7 rings (SSSR count). The van der Waals surface area contributed by atoms with Crippen LogP contribution in [0, 0.1) is 6.92 Å². The lowest BCUT2D eigenvalue weighted by atomic mass is 9.99. The van der Waals surface area contributed by atoms with E-state index in [0.717, 1.165) is 42.9 Å². The van der Waals surface area contributed by atoms with Gasteiger partial charge >= 0.3 is 0 Å². The first-order valence-corrected chi connectivity index (χ1v) is 13.4. The number of unbranched alkanes of at least 4 members (excludes halogenated alkanes) is 1. The third kappa shape index (κ3) is 3.88. The molecular formula is C32H29ClN4. The molecule has 7 aromatic rings. The molecule has 0 saturated heterocycles. The summed E-state index contributed by atoms with van der Waals surface area (Å²) in [6.45, 7) is 4.04. The first kappa shape index (κ1) is 22.5. The number of hydrogen-bond acceptors (Lipinski definition) is 1. The smallest absolute Gasteiger partial charge is 0.0518 e. The van der Waals surface area contributed by atoms with Crippen LogP contribution in [0.2, 0.25) is 5.02 Å². The van der Waals surface area contributed by atoms with Crippen molar-refractivity contribution < 1.29 is 0 Å². The molecule has 0 radical (unpaired) electrons. The van der Waals surface area contributed by atoms with Crippen LogP contribution in [0.4, 0.5) is 0 Å². The topological polar surface area (TPSA) is 59.4 Å². The van der Waals surface area contributed by atoms with Crippen molar-refractivity contribution in [1.82, 2.24) is 20.3 Å². The van der Waals surface area contributed by atoms with Crippen molar-refractivity contribution in [3.8, 4) is 0 Å². The molecule has 184 valence electrons. The Morgan fingerprint density at radius 1 is 0.730 bits per heavy atom. The minimum absolute atomic E-state index is 0.770. The van der Waals surface area contributed by atoms with Crippen LogP contribution in [0.3, 0.4) is 0 Å². The van der Waals surface area contributed by atoms with Crippen molar-refractivity contribution in [2.24, 2.45) is 0 Å². The summed E-state index contributed by atoms with van der Waals surface area (Å²) in [4.78, 5) is 10.8. The third-order valence-corrected chi connectivity index (χ3v) is 7.94. The maximum Gasteiger partial charge on any atom is 0.0518 e. The van der Waals surface area contributed by atoms with Crippen molar-refractivity contribution in [1.29, 1.82) is 0 Å². The molecular weight excluding hydrogens is 476 g/mol. The molecule has 37 heavy (non-hydrogen) atoms. The van der Waals surface area contributed by atoms with Crippen LogP contribution in [-0.4, -0.2) is 21.5 Å². The first-order valence-electron chi connectivity index (χ1n) is 13.1. The van der Waals surface area contributed by atoms with Crippen molar-refractivity contribution in [2.45, 2.75) is 32.7 Å². The molecule has 3 aromatic heterocycles. The zero-order chi connectivity index (χ0) is 24.9. The van der Waals surface area contributed by atoms with E-state index in [-0.39, 0.29) is 0 Å². The lowest BCUT2D eigenvalue weighted by Gasteiger charge is -2.08. The van der Waals surface area contributed by atoms with Gasteiger partial charge in [0.15, 0.2) is 0 Å². The van der Waals surface area contributed by atoms with Gasteiger partial charge in [-0.3, -0.25) is 0 Å². The van der Waals surface area contributed by atoms with Crippen LogP contribution in [0.15, 0.2) is 72.9 Å². The van der Waals surface area contributed by atoms with E-state index in [9.17, 15) is 0 Å². The number of hydrogen-bond donors (Lipinski definition) is 4. The molecule has 0 aliphatic carbocycles. The zero-order valence-corrected chi connectivity index (χ0v) is 21.6. The Morgan fingerprint density at radius 3 is 2.32 bits per heavy atom. The second-order valence-corrected chi connectivity index (χ2v) is 10.6. The molecule has 0 aliphatic heterocycles. The second kappa shape index (κ2) is 8.98. The summed E-state index contributed by atoms with van der Waals surface area (Å²) in [5, 5.41) is 10.7. The lowest BCUT2D eigenvalue weighted by molar-refractivity contribution is 0.625. The summed E-state index contributed by atoms with van der Waals surface area (Å²) in [5.41, 5.74) is 9.96. The quantitative estimate of drug-likeness (QED) is 0.161. The maximum absolute atomic E-state index is 6.40. The van der Waals surface area contributed by atoms with E-state index >= 15 is 0 Å². The average molecular weight is 505 g/mol. The van der Waals surface area contributed by atoms with Gasteiger partial charge in [0.1, 0.15) is 0 Å². The molecule has 0 fully saturated rings. The summed E-state index contributed by atoms with van der Waals surface area (Å²) >= 11 is 6.40. The molecule has 0 amide bonds. The maximum atomic E-state index is 6.40. The molecule has 5 heteroatoms. The molecule has 4 N–H and O–H groups in total. The number of aromatic nitrogens is 3. The SMILES string of the molecule is Cc1ccc2[nH]c3c(CCCCNCc4c[nH]c5ccccc45)c4[nH]c5ccc(Cl)cc5c4cc3c2c1. The van der Waals surface area contributed by atoms with E-state index in [0.29, 0.717) is 0 Å². The Bertz CT molecular complexity index is 1830. The predicted molar refractivity (Wildman–Crippen MR) is 158 cm³/mol. The largest absolute Gasteiger partial charge is 0.361 e. The second-order valence-electron chi connectivity index (χ2n) is 10.2. The number of para-hydroxylation sites is 1. The lowest BCUT2D eigenvalue weighted by Crippen LogP contribution is -2.14. The summed E-state index contributed by atoms with van der Waals surface area (Å²) in [7, 11) is 0. The van der Waals surface area contributed by atoms with Gasteiger partial charge in [-0.05, 0) is 80.8 Å². The van der Waals surface area contributed by atoms with Crippen LogP contribution < -0.4 is 5.32 Å². The molecule has 3 heterocycles. The summed E-state index contributed by atoms with van der Waals surface area (Å²) in [5.74, 6) is 0. The molecule has 0 saturated carbocycles. The Balaban J connectivity index is 1.18. The number of rotatable bonds is 7. The predicted octanol–water partition coefficient (Wildman–Crippen LogP) is 8.51. The fourth-order valence-corrected chi connectivity index (χ4v) is 6.03. The first-order chi connectivity index (χ1) is 18.2. The Hall–Kier alpha value is -3.73. The van der Waals surface area contributed by atoms with E-state index in [1.165, 1.54) is 65.7 Å². The van der Waals surface area contributed by atoms with Crippen LogP contribution in [-0.2, 0) is 13.0 Å². The van der Waals surface area contributed by atoms with E-state index in [1.807, 2.05) is 6.07 Å². The fraction of sp³-hybridized carbons (Fsp3) is 0.188. The van der Waals surface area contributed by atoms with Crippen LogP contribution in [0.25, 0.3) is 54.5 Å². The van der Waals surface area contributed by atoms with Crippen LogP contribution in [0.5, 0.6) is 0 Å². The van der Waals surface area contributed by atoms with Crippen molar-refractivity contribution in [3.05, 3.63) is 94.6 Å². The van der Waals surface area contributed by atoms with Gasteiger partial charge in [0.2, 0.25) is 0 Å². The molecule has 0 bridgehead atoms. The number of H-pyrrole nitrogens is 3. The van der Waals surface area contributed by atoms with E-state index in [4.69, 9.17) is 11.6 Å². The normalized spacial score (nSPS) is 12.2. The van der Waals surface area contributed by atoms with Gasteiger partial charge in [-0.2, -0.15) is 0 Å². The summed E-state index contributed by atoms with van der Waals surface area (Å²) < 4.78 is 0. The van der Waals surface area contributed by atoms with E-state index in [2.05, 4.69) is 94.1 Å². The van der Waals surface area contributed by atoms with Crippen molar-refractivity contribution in [2.75, 3.05) is 6.54 Å². The van der Waals surface area contributed by atoms with Gasteiger partial charge in [0.05, 0.1) is 11.0 Å². The van der Waals surface area contributed by atoms with E-state index in [1.54, 1.807) is 0 Å². The Kier molecular flexibility index (Phi) is 5.45. The van der Waals surface area contributed by atoms with Gasteiger partial charge in [-0.1, -0.05) is 41.4 Å². The molecule has 0 atom stereocenters. The highest BCUT2D eigenvalue weighted by molar-refractivity contribution is 6.32. The number of fused-ring (bicyclic) bond motifs is 7. The highest BCUT2D eigenvalue weighted by Gasteiger charge is 2.16. The highest BCUT2D eigenvalue weighted by Crippen LogP contribution is 2.38. The van der Waals surface area contributed by atoms with E-state index < -0.39 is 0 Å². The molecule has 0 aliphatic rings. The molecule has 4 nitrogen and oxygen atoms in total. The minimum atomic E-state index is 0.770. The van der Waals surface area contributed by atoms with Gasteiger partial charge in [-0.25, -0.2) is 0 Å². The van der Waals surface area contributed by atoms with Crippen LogP contribution >= 0.6 is 11.6 Å². The van der Waals surface area contributed by atoms with Crippen molar-refractivity contribution in [3.63, 3.8) is 0 Å². The zero-order valence-electron chi connectivity index (χ0n) is 20.8. The Labute approximate surface area is 220 Å². The Morgan fingerprint density at radius 2 is 1.49 bits per heavy atom. The number of aromatic amines is 3. The molecule has 0 unspecified atom stereocenters.